The maximum Gasteiger partial charge on any atom is 0.314 e. The number of anilines is 1. The SMILES string of the molecule is NC(=O)N1CCC[C@@H](C(=O)NCc2ccc(N3CCCC3)nc2)C1. The van der Waals surface area contributed by atoms with E-state index < -0.39 is 6.03 Å². The standard InChI is InChI=1S/C17H25N5O2/c18-17(24)22-9-3-4-14(12-22)16(23)20-11-13-5-6-15(19-10-13)21-7-1-2-8-21/h5-6,10,14H,1-4,7-9,11-12H2,(H2,18,24)(H,20,23)/t14-/m1/s1. The Balaban J connectivity index is 1.49. The molecule has 0 bridgehead atoms. The Morgan fingerprint density at radius 1 is 1.21 bits per heavy atom. The van der Waals surface area contributed by atoms with E-state index in [4.69, 9.17) is 5.73 Å². The van der Waals surface area contributed by atoms with E-state index in [0.717, 1.165) is 37.3 Å². The third-order valence-electron chi connectivity index (χ3n) is 4.81. The number of urea groups is 1. The molecule has 3 rings (SSSR count). The zero-order valence-corrected chi connectivity index (χ0v) is 13.9. The number of pyridine rings is 1. The summed E-state index contributed by atoms with van der Waals surface area (Å²) in [5.74, 6) is 0.805. The van der Waals surface area contributed by atoms with E-state index in [2.05, 4.69) is 15.2 Å². The summed E-state index contributed by atoms with van der Waals surface area (Å²) in [7, 11) is 0. The van der Waals surface area contributed by atoms with E-state index in [-0.39, 0.29) is 11.8 Å². The molecule has 3 N–H and O–H groups in total. The molecule has 7 nitrogen and oxygen atoms in total. The van der Waals surface area contributed by atoms with Crippen LogP contribution < -0.4 is 16.0 Å². The number of primary amides is 1. The van der Waals surface area contributed by atoms with Crippen molar-refractivity contribution in [3.63, 3.8) is 0 Å². The molecule has 3 amide bonds. The minimum absolute atomic E-state index is 0.0235. The number of piperidine rings is 1. The number of nitrogens with two attached hydrogens (primary N) is 1. The van der Waals surface area contributed by atoms with Gasteiger partial charge in [-0.1, -0.05) is 6.07 Å². The number of amides is 3. The van der Waals surface area contributed by atoms with Crippen molar-refractivity contribution in [3.8, 4) is 0 Å². The maximum absolute atomic E-state index is 12.3. The number of carbonyl (C=O) groups excluding carboxylic acids is 2. The topological polar surface area (TPSA) is 91.6 Å². The predicted molar refractivity (Wildman–Crippen MR) is 91.4 cm³/mol. The Hall–Kier alpha value is -2.31. The van der Waals surface area contributed by atoms with Gasteiger partial charge in [-0.3, -0.25) is 4.79 Å². The molecule has 0 spiro atoms. The van der Waals surface area contributed by atoms with Crippen molar-refractivity contribution in [2.24, 2.45) is 11.7 Å². The molecular weight excluding hydrogens is 306 g/mol. The molecule has 2 aliphatic rings. The van der Waals surface area contributed by atoms with Crippen molar-refractivity contribution in [1.29, 1.82) is 0 Å². The molecule has 2 saturated heterocycles. The molecule has 3 heterocycles. The number of nitrogens with zero attached hydrogens (tertiary/aromatic N) is 3. The Morgan fingerprint density at radius 2 is 2.00 bits per heavy atom. The number of likely N-dealkylation sites (tertiary alicyclic amines) is 1. The second kappa shape index (κ2) is 7.51. The van der Waals surface area contributed by atoms with Crippen molar-refractivity contribution in [2.45, 2.75) is 32.2 Å². The first-order valence-electron chi connectivity index (χ1n) is 8.65. The van der Waals surface area contributed by atoms with E-state index in [9.17, 15) is 9.59 Å². The summed E-state index contributed by atoms with van der Waals surface area (Å²) in [4.78, 5) is 31.9. The van der Waals surface area contributed by atoms with Gasteiger partial charge in [-0.05, 0) is 37.3 Å². The van der Waals surface area contributed by atoms with Gasteiger partial charge in [0.05, 0.1) is 5.92 Å². The van der Waals surface area contributed by atoms with Gasteiger partial charge in [0.15, 0.2) is 0 Å². The van der Waals surface area contributed by atoms with Crippen LogP contribution in [0, 0.1) is 5.92 Å². The highest BCUT2D eigenvalue weighted by molar-refractivity contribution is 5.80. The molecule has 1 aromatic heterocycles. The molecule has 130 valence electrons. The molecule has 0 saturated carbocycles. The number of nitrogens with one attached hydrogen (secondary N) is 1. The zero-order valence-electron chi connectivity index (χ0n) is 13.9. The van der Waals surface area contributed by atoms with E-state index in [0.29, 0.717) is 19.6 Å². The van der Waals surface area contributed by atoms with Crippen LogP contribution in [0.3, 0.4) is 0 Å². The average molecular weight is 331 g/mol. The van der Waals surface area contributed by atoms with Gasteiger partial charge < -0.3 is 20.9 Å². The minimum atomic E-state index is -0.450. The lowest BCUT2D eigenvalue weighted by molar-refractivity contribution is -0.126. The van der Waals surface area contributed by atoms with Crippen LogP contribution in [0.4, 0.5) is 10.6 Å². The van der Waals surface area contributed by atoms with Crippen molar-refractivity contribution < 1.29 is 9.59 Å². The normalized spacial score (nSPS) is 20.9. The van der Waals surface area contributed by atoms with E-state index in [1.807, 2.05) is 18.3 Å². The number of carbonyl (C=O) groups is 2. The molecule has 2 aliphatic heterocycles. The van der Waals surface area contributed by atoms with Crippen LogP contribution in [-0.2, 0) is 11.3 Å². The lowest BCUT2D eigenvalue weighted by Crippen LogP contribution is -2.47. The Morgan fingerprint density at radius 3 is 2.67 bits per heavy atom. The molecule has 1 atom stereocenters. The van der Waals surface area contributed by atoms with Gasteiger partial charge in [0.25, 0.3) is 0 Å². The molecule has 24 heavy (non-hydrogen) atoms. The van der Waals surface area contributed by atoms with Crippen molar-refractivity contribution in [3.05, 3.63) is 23.9 Å². The molecule has 1 aromatic rings. The summed E-state index contributed by atoms with van der Waals surface area (Å²) < 4.78 is 0. The fourth-order valence-electron chi connectivity index (χ4n) is 3.38. The third-order valence-corrected chi connectivity index (χ3v) is 4.81. The highest BCUT2D eigenvalue weighted by Crippen LogP contribution is 2.18. The molecule has 0 radical (unpaired) electrons. The molecule has 0 aromatic carbocycles. The van der Waals surface area contributed by atoms with Gasteiger partial charge >= 0.3 is 6.03 Å². The average Bonchev–Trinajstić information content (AvgIpc) is 3.15. The van der Waals surface area contributed by atoms with E-state index >= 15 is 0 Å². The first kappa shape index (κ1) is 16.5. The van der Waals surface area contributed by atoms with Gasteiger partial charge in [-0.2, -0.15) is 0 Å². The summed E-state index contributed by atoms with van der Waals surface area (Å²) in [6, 6.07) is 3.58. The second-order valence-electron chi connectivity index (χ2n) is 6.56. The van der Waals surface area contributed by atoms with Gasteiger partial charge in [0, 0.05) is 38.9 Å². The fraction of sp³-hybridized carbons (Fsp3) is 0.588. The van der Waals surface area contributed by atoms with Crippen LogP contribution in [0.5, 0.6) is 0 Å². The number of hydrogen-bond acceptors (Lipinski definition) is 4. The van der Waals surface area contributed by atoms with Crippen LogP contribution in [0.2, 0.25) is 0 Å². The van der Waals surface area contributed by atoms with Crippen LogP contribution in [0.1, 0.15) is 31.2 Å². The fourth-order valence-corrected chi connectivity index (χ4v) is 3.38. The van der Waals surface area contributed by atoms with Crippen LogP contribution in [0.15, 0.2) is 18.3 Å². The highest BCUT2D eigenvalue weighted by Gasteiger charge is 2.27. The van der Waals surface area contributed by atoms with Crippen LogP contribution >= 0.6 is 0 Å². The van der Waals surface area contributed by atoms with Crippen LogP contribution in [-0.4, -0.2) is 48.0 Å². The summed E-state index contributed by atoms with van der Waals surface area (Å²) >= 11 is 0. The van der Waals surface area contributed by atoms with Gasteiger partial charge in [0.2, 0.25) is 5.91 Å². The van der Waals surface area contributed by atoms with Gasteiger partial charge in [-0.25, -0.2) is 9.78 Å². The number of hydrogen-bond donors (Lipinski definition) is 2. The Labute approximate surface area is 142 Å². The summed E-state index contributed by atoms with van der Waals surface area (Å²) in [6.07, 6.45) is 5.88. The van der Waals surface area contributed by atoms with Crippen LogP contribution in [0.25, 0.3) is 0 Å². The number of rotatable bonds is 4. The summed E-state index contributed by atoms with van der Waals surface area (Å²) in [5, 5.41) is 2.95. The third kappa shape index (κ3) is 3.96. The first-order chi connectivity index (χ1) is 11.6. The number of aromatic nitrogens is 1. The Bertz CT molecular complexity index is 583. The van der Waals surface area contributed by atoms with Crippen molar-refractivity contribution in [2.75, 3.05) is 31.1 Å². The van der Waals surface area contributed by atoms with E-state index in [1.165, 1.54) is 12.8 Å². The van der Waals surface area contributed by atoms with Crippen molar-refractivity contribution in [1.82, 2.24) is 15.2 Å². The van der Waals surface area contributed by atoms with E-state index in [1.54, 1.807) is 4.90 Å². The smallest absolute Gasteiger partial charge is 0.314 e. The molecule has 0 unspecified atom stereocenters. The zero-order chi connectivity index (χ0) is 16.9. The Kier molecular flexibility index (Phi) is 5.17. The first-order valence-corrected chi connectivity index (χ1v) is 8.65. The second-order valence-corrected chi connectivity index (χ2v) is 6.56. The van der Waals surface area contributed by atoms with Crippen molar-refractivity contribution >= 4 is 17.8 Å². The largest absolute Gasteiger partial charge is 0.357 e. The summed E-state index contributed by atoms with van der Waals surface area (Å²) in [6.45, 7) is 3.65. The monoisotopic (exact) mass is 331 g/mol. The predicted octanol–water partition coefficient (Wildman–Crippen LogP) is 1.09. The highest BCUT2D eigenvalue weighted by atomic mass is 16.2. The van der Waals surface area contributed by atoms with Gasteiger partial charge in [0.1, 0.15) is 5.82 Å². The quantitative estimate of drug-likeness (QED) is 0.864. The molecule has 2 fully saturated rings. The maximum atomic E-state index is 12.3. The summed E-state index contributed by atoms with van der Waals surface area (Å²) in [5.41, 5.74) is 6.28. The lowest BCUT2D eigenvalue weighted by atomic mass is 9.97. The molecule has 7 heteroatoms. The minimum Gasteiger partial charge on any atom is -0.357 e. The molecular formula is C17H25N5O2. The lowest BCUT2D eigenvalue weighted by Gasteiger charge is -2.30. The molecule has 0 aliphatic carbocycles. The van der Waals surface area contributed by atoms with Gasteiger partial charge in [-0.15, -0.1) is 0 Å².